The molecule has 0 fully saturated rings. The van der Waals surface area contributed by atoms with Crippen LogP contribution in [0.3, 0.4) is 0 Å². The Morgan fingerprint density at radius 3 is 2.94 bits per heavy atom. The molecular weight excluding hydrogens is 232 g/mol. The highest BCUT2D eigenvalue weighted by atomic mass is 16.5. The van der Waals surface area contributed by atoms with Crippen LogP contribution in [-0.2, 0) is 0 Å². The van der Waals surface area contributed by atoms with Gasteiger partial charge in [-0.25, -0.2) is 4.98 Å². The lowest BCUT2D eigenvalue weighted by Crippen LogP contribution is -2.11. The molecule has 0 saturated heterocycles. The molecule has 3 aromatic rings. The Morgan fingerprint density at radius 2 is 2.22 bits per heavy atom. The molecule has 90 valence electrons. The number of imidazole rings is 1. The molecule has 2 N–H and O–H groups in total. The van der Waals surface area contributed by atoms with E-state index in [-0.39, 0.29) is 11.7 Å². The Bertz CT molecular complexity index is 681. The number of H-pyrrole nitrogens is 1. The molecule has 3 rings (SSSR count). The summed E-state index contributed by atoms with van der Waals surface area (Å²) in [5.74, 6) is 0.165. The molecule has 6 heteroatoms. The number of carbonyl (C=O) groups is 1. The van der Waals surface area contributed by atoms with Gasteiger partial charge < -0.3 is 9.51 Å². The zero-order valence-electron chi connectivity index (χ0n) is 9.60. The highest BCUT2D eigenvalue weighted by Crippen LogP contribution is 2.14. The molecule has 1 amide bonds. The van der Waals surface area contributed by atoms with E-state index in [1.165, 1.54) is 0 Å². The maximum Gasteiger partial charge on any atom is 0.296 e. The van der Waals surface area contributed by atoms with Crippen LogP contribution >= 0.6 is 0 Å². The number of aromatic amines is 1. The minimum Gasteiger partial charge on any atom is -0.351 e. The standard InChI is InChI=1S/C12H10N4O2/c1-7-6-10(18-16-7)11(17)15-12-13-8-4-2-3-5-9(8)14-12/h2-6H,1H3,(H2,13,14,15,17). The van der Waals surface area contributed by atoms with Crippen LogP contribution in [0.5, 0.6) is 0 Å². The number of para-hydroxylation sites is 2. The Labute approximate surface area is 102 Å². The number of amides is 1. The van der Waals surface area contributed by atoms with Crippen LogP contribution in [0.2, 0.25) is 0 Å². The fourth-order valence-electron chi connectivity index (χ4n) is 1.65. The molecule has 0 spiro atoms. The molecular formula is C12H10N4O2. The molecule has 6 nitrogen and oxygen atoms in total. The summed E-state index contributed by atoms with van der Waals surface area (Å²) in [6.07, 6.45) is 0. The number of fused-ring (bicyclic) bond motifs is 1. The lowest BCUT2D eigenvalue weighted by molar-refractivity contribution is 0.0987. The quantitative estimate of drug-likeness (QED) is 0.720. The van der Waals surface area contributed by atoms with Gasteiger partial charge in [-0.3, -0.25) is 10.1 Å². The van der Waals surface area contributed by atoms with Gasteiger partial charge in [-0.15, -0.1) is 0 Å². The summed E-state index contributed by atoms with van der Waals surface area (Å²) >= 11 is 0. The number of aryl methyl sites for hydroxylation is 1. The van der Waals surface area contributed by atoms with Crippen LogP contribution in [0, 0.1) is 6.92 Å². The average Bonchev–Trinajstić information content (AvgIpc) is 2.94. The van der Waals surface area contributed by atoms with E-state index in [9.17, 15) is 4.79 Å². The highest BCUT2D eigenvalue weighted by Gasteiger charge is 2.13. The van der Waals surface area contributed by atoms with E-state index < -0.39 is 0 Å². The fourth-order valence-corrected chi connectivity index (χ4v) is 1.65. The van der Waals surface area contributed by atoms with E-state index in [0.717, 1.165) is 11.0 Å². The van der Waals surface area contributed by atoms with E-state index in [1.807, 2.05) is 24.3 Å². The van der Waals surface area contributed by atoms with E-state index in [0.29, 0.717) is 11.6 Å². The van der Waals surface area contributed by atoms with Gasteiger partial charge in [0.25, 0.3) is 5.91 Å². The molecule has 2 heterocycles. The normalized spacial score (nSPS) is 10.7. The van der Waals surface area contributed by atoms with Crippen molar-refractivity contribution in [3.05, 3.63) is 41.8 Å². The summed E-state index contributed by atoms with van der Waals surface area (Å²) in [6.45, 7) is 1.75. The summed E-state index contributed by atoms with van der Waals surface area (Å²) < 4.78 is 4.87. The largest absolute Gasteiger partial charge is 0.351 e. The second kappa shape index (κ2) is 3.99. The number of anilines is 1. The lowest BCUT2D eigenvalue weighted by atomic mass is 10.3. The molecule has 0 unspecified atom stereocenters. The summed E-state index contributed by atoms with van der Waals surface area (Å²) in [7, 11) is 0. The van der Waals surface area contributed by atoms with Gasteiger partial charge in [-0.1, -0.05) is 17.3 Å². The second-order valence-corrected chi connectivity index (χ2v) is 3.89. The third-order valence-corrected chi connectivity index (χ3v) is 2.47. The average molecular weight is 242 g/mol. The summed E-state index contributed by atoms with van der Waals surface area (Å²) in [5, 5.41) is 6.28. The molecule has 0 radical (unpaired) electrons. The third kappa shape index (κ3) is 1.84. The van der Waals surface area contributed by atoms with Crippen LogP contribution in [0.1, 0.15) is 16.2 Å². The topological polar surface area (TPSA) is 83.8 Å². The van der Waals surface area contributed by atoms with Crippen LogP contribution in [0.15, 0.2) is 34.9 Å². The smallest absolute Gasteiger partial charge is 0.296 e. The Balaban J connectivity index is 1.86. The van der Waals surface area contributed by atoms with Crippen molar-refractivity contribution in [1.29, 1.82) is 0 Å². The first-order chi connectivity index (χ1) is 8.72. The van der Waals surface area contributed by atoms with E-state index >= 15 is 0 Å². The van der Waals surface area contributed by atoms with Crippen molar-refractivity contribution in [2.24, 2.45) is 0 Å². The fraction of sp³-hybridized carbons (Fsp3) is 0.0833. The molecule has 0 bridgehead atoms. The maximum atomic E-state index is 11.8. The van der Waals surface area contributed by atoms with Gasteiger partial charge in [0.05, 0.1) is 16.7 Å². The van der Waals surface area contributed by atoms with Gasteiger partial charge in [-0.05, 0) is 19.1 Å². The number of hydrogen-bond donors (Lipinski definition) is 2. The molecule has 0 aliphatic rings. The number of nitrogens with zero attached hydrogens (tertiary/aromatic N) is 2. The Kier molecular flexibility index (Phi) is 2.33. The number of rotatable bonds is 2. The van der Waals surface area contributed by atoms with Crippen LogP contribution in [-0.4, -0.2) is 21.0 Å². The number of nitrogens with one attached hydrogen (secondary N) is 2. The number of aromatic nitrogens is 3. The van der Waals surface area contributed by atoms with Gasteiger partial charge in [0.15, 0.2) is 0 Å². The van der Waals surface area contributed by atoms with Crippen molar-refractivity contribution in [3.63, 3.8) is 0 Å². The monoisotopic (exact) mass is 242 g/mol. The number of hydrogen-bond acceptors (Lipinski definition) is 4. The zero-order chi connectivity index (χ0) is 12.5. The van der Waals surface area contributed by atoms with Crippen molar-refractivity contribution >= 4 is 22.9 Å². The highest BCUT2D eigenvalue weighted by molar-refractivity contribution is 6.01. The first-order valence-electron chi connectivity index (χ1n) is 5.42. The summed E-state index contributed by atoms with van der Waals surface area (Å²) in [6, 6.07) is 9.09. The molecule has 0 aliphatic carbocycles. The molecule has 0 atom stereocenters. The van der Waals surface area contributed by atoms with Gasteiger partial charge in [0.2, 0.25) is 11.7 Å². The van der Waals surface area contributed by atoms with Crippen LogP contribution < -0.4 is 5.32 Å². The van der Waals surface area contributed by atoms with Crippen LogP contribution in [0.25, 0.3) is 11.0 Å². The minimum atomic E-state index is -0.380. The third-order valence-electron chi connectivity index (χ3n) is 2.47. The summed E-state index contributed by atoms with van der Waals surface area (Å²) in [5.41, 5.74) is 2.31. The molecule has 0 aliphatic heterocycles. The molecule has 0 saturated carbocycles. The van der Waals surface area contributed by atoms with Crippen molar-refractivity contribution in [2.75, 3.05) is 5.32 Å². The minimum absolute atomic E-state index is 0.160. The molecule has 1 aromatic carbocycles. The first kappa shape index (κ1) is 10.5. The van der Waals surface area contributed by atoms with Gasteiger partial charge in [-0.2, -0.15) is 0 Å². The van der Waals surface area contributed by atoms with Gasteiger partial charge in [0.1, 0.15) is 0 Å². The number of carbonyl (C=O) groups excluding carboxylic acids is 1. The molecule has 2 aromatic heterocycles. The van der Waals surface area contributed by atoms with E-state index in [4.69, 9.17) is 4.52 Å². The molecule has 18 heavy (non-hydrogen) atoms. The van der Waals surface area contributed by atoms with E-state index in [2.05, 4.69) is 20.4 Å². The van der Waals surface area contributed by atoms with E-state index in [1.54, 1.807) is 13.0 Å². The van der Waals surface area contributed by atoms with Gasteiger partial charge in [0, 0.05) is 6.07 Å². The zero-order valence-corrected chi connectivity index (χ0v) is 9.60. The predicted molar refractivity (Wildman–Crippen MR) is 65.3 cm³/mol. The summed E-state index contributed by atoms with van der Waals surface area (Å²) in [4.78, 5) is 19.0. The SMILES string of the molecule is Cc1cc(C(=O)Nc2nc3ccccc3[nH]2)on1. The maximum absolute atomic E-state index is 11.8. The first-order valence-corrected chi connectivity index (χ1v) is 5.42. The van der Waals surface area contributed by atoms with Crippen LogP contribution in [0.4, 0.5) is 5.95 Å². The predicted octanol–water partition coefficient (Wildman–Crippen LogP) is 2.11. The Morgan fingerprint density at radius 1 is 1.39 bits per heavy atom. The van der Waals surface area contributed by atoms with Crippen molar-refractivity contribution < 1.29 is 9.32 Å². The van der Waals surface area contributed by atoms with Crippen molar-refractivity contribution in [1.82, 2.24) is 15.1 Å². The lowest BCUT2D eigenvalue weighted by Gasteiger charge is -1.95. The van der Waals surface area contributed by atoms with Crippen molar-refractivity contribution in [2.45, 2.75) is 6.92 Å². The van der Waals surface area contributed by atoms with Gasteiger partial charge >= 0.3 is 0 Å². The Hall–Kier alpha value is -2.63. The van der Waals surface area contributed by atoms with Crippen molar-refractivity contribution in [3.8, 4) is 0 Å². The second-order valence-electron chi connectivity index (χ2n) is 3.89. The number of benzene rings is 1.